The van der Waals surface area contributed by atoms with E-state index < -0.39 is 15.3 Å². The molecule has 1 atom stereocenters. The van der Waals surface area contributed by atoms with E-state index in [1.807, 2.05) is 6.07 Å². The van der Waals surface area contributed by atoms with Crippen molar-refractivity contribution in [2.75, 3.05) is 17.8 Å². The summed E-state index contributed by atoms with van der Waals surface area (Å²) in [5, 5.41) is -0.658. The smallest absolute Gasteiger partial charge is 0.291 e. The highest BCUT2D eigenvalue weighted by Crippen LogP contribution is 2.22. The number of piperidine rings is 1. The van der Waals surface area contributed by atoms with Crippen molar-refractivity contribution >= 4 is 21.6 Å². The minimum absolute atomic E-state index is 0.139. The Balaban J connectivity index is 1.74. The molecule has 1 aliphatic heterocycles. The Morgan fingerprint density at radius 2 is 2.00 bits per heavy atom. The van der Waals surface area contributed by atoms with Gasteiger partial charge in [0.15, 0.2) is 5.89 Å². The van der Waals surface area contributed by atoms with Crippen molar-refractivity contribution in [3.05, 3.63) is 47.7 Å². The minimum atomic E-state index is -3.58. The molecule has 1 amide bonds. The molecule has 0 unspecified atom stereocenters. The van der Waals surface area contributed by atoms with Gasteiger partial charge in [0.25, 0.3) is 5.91 Å². The number of hydrogen-bond acceptors (Lipinski definition) is 5. The molecule has 0 aliphatic carbocycles. The zero-order valence-electron chi connectivity index (χ0n) is 14.2. The second-order valence-electron chi connectivity index (χ2n) is 6.18. The number of carbonyl (C=O) groups excluding carboxylic acids is 1. The number of hydrogen-bond donors (Lipinski definition) is 1. The summed E-state index contributed by atoms with van der Waals surface area (Å²) in [4.78, 5) is 18.3. The predicted molar refractivity (Wildman–Crippen MR) is 93.9 cm³/mol. The van der Waals surface area contributed by atoms with Crippen LogP contribution in [0.3, 0.4) is 0 Å². The number of rotatable bonds is 4. The number of amides is 1. The lowest BCUT2D eigenvalue weighted by Gasteiger charge is -2.32. The van der Waals surface area contributed by atoms with E-state index in [1.54, 1.807) is 38.1 Å². The zero-order chi connectivity index (χ0) is 18.0. The van der Waals surface area contributed by atoms with Gasteiger partial charge in [0, 0.05) is 25.7 Å². The van der Waals surface area contributed by atoms with Crippen LogP contribution in [0, 0.1) is 13.8 Å². The van der Waals surface area contributed by atoms with Gasteiger partial charge in [-0.1, -0.05) is 18.2 Å². The number of carbonyl (C=O) groups is 1. The Hall–Kier alpha value is -2.35. The largest absolute Gasteiger partial charge is 0.436 e. The summed E-state index contributed by atoms with van der Waals surface area (Å²) in [5.41, 5.74) is 1.04. The molecule has 0 spiro atoms. The summed E-state index contributed by atoms with van der Waals surface area (Å²) in [6.45, 7) is 4.03. The normalized spacial score (nSPS) is 18.2. The number of likely N-dealkylation sites (tertiary alicyclic amines) is 1. The van der Waals surface area contributed by atoms with Crippen LogP contribution in [0.4, 0.5) is 5.69 Å². The van der Waals surface area contributed by atoms with Crippen LogP contribution in [0.2, 0.25) is 0 Å². The highest BCUT2D eigenvalue weighted by atomic mass is 32.2. The molecule has 1 aliphatic rings. The number of benzene rings is 1. The molecule has 2 heterocycles. The third-order valence-electron chi connectivity index (χ3n) is 4.24. The first-order chi connectivity index (χ1) is 11.9. The van der Waals surface area contributed by atoms with Gasteiger partial charge in [-0.15, -0.1) is 0 Å². The third kappa shape index (κ3) is 3.84. The lowest BCUT2D eigenvalue weighted by Crippen LogP contribution is -2.46. The van der Waals surface area contributed by atoms with E-state index in [1.165, 1.54) is 4.90 Å². The molecule has 8 heteroatoms. The molecule has 1 N–H and O–H groups in total. The highest BCUT2D eigenvalue weighted by molar-refractivity contribution is 7.93. The fourth-order valence-electron chi connectivity index (χ4n) is 3.00. The van der Waals surface area contributed by atoms with Gasteiger partial charge in [0.1, 0.15) is 0 Å². The summed E-state index contributed by atoms with van der Waals surface area (Å²) in [6, 6.07) is 8.75. The van der Waals surface area contributed by atoms with Gasteiger partial charge in [-0.05, 0) is 31.9 Å². The van der Waals surface area contributed by atoms with Crippen molar-refractivity contribution in [2.24, 2.45) is 0 Å². The monoisotopic (exact) mass is 363 g/mol. The molecule has 134 valence electrons. The summed E-state index contributed by atoms with van der Waals surface area (Å²) in [6.07, 6.45) is 1.14. The first kappa shape index (κ1) is 17.5. The lowest BCUT2D eigenvalue weighted by atomic mass is 10.1. The van der Waals surface area contributed by atoms with E-state index in [2.05, 4.69) is 9.71 Å². The van der Waals surface area contributed by atoms with Crippen molar-refractivity contribution in [2.45, 2.75) is 31.9 Å². The molecule has 0 saturated carbocycles. The molecule has 0 bridgehead atoms. The standard InChI is InChI=1S/C17H21N3O4S/c1-12-16(24-13(2)18-12)17(21)20-10-6-9-15(11-20)25(22,23)19-14-7-4-3-5-8-14/h3-5,7-8,15,19H,6,9-11H2,1-2H3/t15-/m0/s1. The average molecular weight is 363 g/mol. The number of nitrogens with zero attached hydrogens (tertiary/aromatic N) is 2. The van der Waals surface area contributed by atoms with Crippen molar-refractivity contribution in [3.63, 3.8) is 0 Å². The number of aryl methyl sites for hydroxylation is 2. The fraction of sp³-hybridized carbons (Fsp3) is 0.412. The van der Waals surface area contributed by atoms with E-state index >= 15 is 0 Å². The van der Waals surface area contributed by atoms with E-state index in [0.717, 1.165) is 0 Å². The van der Waals surface area contributed by atoms with E-state index in [9.17, 15) is 13.2 Å². The van der Waals surface area contributed by atoms with Crippen LogP contribution >= 0.6 is 0 Å². The number of aromatic nitrogens is 1. The second-order valence-corrected chi connectivity index (χ2v) is 8.14. The molecular formula is C17H21N3O4S. The average Bonchev–Trinajstić information content (AvgIpc) is 2.93. The lowest BCUT2D eigenvalue weighted by molar-refractivity contribution is 0.0692. The van der Waals surface area contributed by atoms with Crippen molar-refractivity contribution in [3.8, 4) is 0 Å². The molecule has 25 heavy (non-hydrogen) atoms. The van der Waals surface area contributed by atoms with Gasteiger partial charge in [-0.25, -0.2) is 13.4 Å². The first-order valence-electron chi connectivity index (χ1n) is 8.17. The molecular weight excluding hydrogens is 342 g/mol. The highest BCUT2D eigenvalue weighted by Gasteiger charge is 2.34. The van der Waals surface area contributed by atoms with Crippen molar-refractivity contribution in [1.29, 1.82) is 0 Å². The number of nitrogens with one attached hydrogen (secondary N) is 1. The molecule has 3 rings (SSSR count). The zero-order valence-corrected chi connectivity index (χ0v) is 15.0. The van der Waals surface area contributed by atoms with Crippen LogP contribution in [0.25, 0.3) is 0 Å². The Morgan fingerprint density at radius 1 is 1.28 bits per heavy atom. The van der Waals surface area contributed by atoms with E-state index in [-0.39, 0.29) is 18.2 Å². The minimum Gasteiger partial charge on any atom is -0.436 e. The Labute approximate surface area is 147 Å². The third-order valence-corrected chi connectivity index (χ3v) is 6.02. The van der Waals surface area contributed by atoms with Crippen molar-refractivity contribution < 1.29 is 17.6 Å². The molecule has 2 aromatic rings. The van der Waals surface area contributed by atoms with Crippen LogP contribution in [0.1, 0.15) is 35.0 Å². The van der Waals surface area contributed by atoms with Crippen LogP contribution in [0.15, 0.2) is 34.7 Å². The number of para-hydroxylation sites is 1. The summed E-state index contributed by atoms with van der Waals surface area (Å²) in [5.74, 6) is 0.303. The molecule has 1 aromatic carbocycles. The molecule has 0 radical (unpaired) electrons. The van der Waals surface area contributed by atoms with Gasteiger partial charge >= 0.3 is 0 Å². The van der Waals surface area contributed by atoms with Gasteiger partial charge < -0.3 is 9.32 Å². The maximum absolute atomic E-state index is 12.6. The van der Waals surface area contributed by atoms with E-state index in [4.69, 9.17) is 4.42 Å². The number of anilines is 1. The van der Waals surface area contributed by atoms with Gasteiger partial charge in [-0.3, -0.25) is 9.52 Å². The molecule has 7 nitrogen and oxygen atoms in total. The molecule has 1 fully saturated rings. The van der Waals surface area contributed by atoms with Gasteiger partial charge in [0.05, 0.1) is 10.9 Å². The maximum Gasteiger partial charge on any atom is 0.291 e. The van der Waals surface area contributed by atoms with Crippen LogP contribution in [-0.4, -0.2) is 42.5 Å². The summed E-state index contributed by atoms with van der Waals surface area (Å²) >= 11 is 0. The predicted octanol–water partition coefficient (Wildman–Crippen LogP) is 2.34. The van der Waals surface area contributed by atoms with Crippen LogP contribution < -0.4 is 4.72 Å². The van der Waals surface area contributed by atoms with Gasteiger partial charge in [-0.2, -0.15) is 0 Å². The molecule has 1 aromatic heterocycles. The van der Waals surface area contributed by atoms with Gasteiger partial charge in [0.2, 0.25) is 15.8 Å². The topological polar surface area (TPSA) is 92.5 Å². The summed E-state index contributed by atoms with van der Waals surface area (Å²) in [7, 11) is -3.58. The summed E-state index contributed by atoms with van der Waals surface area (Å²) < 4.78 is 33.3. The second kappa shape index (κ2) is 6.87. The van der Waals surface area contributed by atoms with Crippen LogP contribution in [0.5, 0.6) is 0 Å². The van der Waals surface area contributed by atoms with E-state index in [0.29, 0.717) is 36.7 Å². The number of sulfonamides is 1. The Morgan fingerprint density at radius 3 is 2.64 bits per heavy atom. The first-order valence-corrected chi connectivity index (χ1v) is 9.71. The SMILES string of the molecule is Cc1nc(C)c(C(=O)N2CCC[C@H](S(=O)(=O)Nc3ccccc3)C2)o1. The Bertz CT molecular complexity index is 861. The quantitative estimate of drug-likeness (QED) is 0.900. The number of oxazole rings is 1. The Kier molecular flexibility index (Phi) is 4.80. The maximum atomic E-state index is 12.6. The molecule has 1 saturated heterocycles. The van der Waals surface area contributed by atoms with Crippen LogP contribution in [-0.2, 0) is 10.0 Å². The fourth-order valence-corrected chi connectivity index (χ4v) is 4.49. The van der Waals surface area contributed by atoms with Crippen molar-refractivity contribution in [1.82, 2.24) is 9.88 Å².